The van der Waals surface area contributed by atoms with Gasteiger partial charge in [-0.3, -0.25) is 4.79 Å². The first kappa shape index (κ1) is 11.9. The van der Waals surface area contributed by atoms with Crippen molar-refractivity contribution in [1.29, 1.82) is 0 Å². The smallest absolute Gasteiger partial charge is 0.252 e. The molecule has 2 aliphatic rings. The molecule has 0 aromatic carbocycles. The second-order valence-electron chi connectivity index (χ2n) is 5.58. The molecule has 2 heterocycles. The summed E-state index contributed by atoms with van der Waals surface area (Å²) in [5.74, 6) is 0.180. The first-order chi connectivity index (χ1) is 7.49. The minimum Gasteiger partial charge on any atom is -0.368 e. The summed E-state index contributed by atoms with van der Waals surface area (Å²) in [6.45, 7) is 8.73. The van der Waals surface area contributed by atoms with Crippen LogP contribution in [0.2, 0.25) is 0 Å². The van der Waals surface area contributed by atoms with Crippen molar-refractivity contribution in [2.75, 3.05) is 19.7 Å². The summed E-state index contributed by atoms with van der Waals surface area (Å²) in [6, 6.07) is 0.268. The van der Waals surface area contributed by atoms with Gasteiger partial charge in [0.15, 0.2) is 0 Å². The maximum absolute atomic E-state index is 12.3. The number of amides is 1. The summed E-state index contributed by atoms with van der Waals surface area (Å²) in [7, 11) is 0. The van der Waals surface area contributed by atoms with Crippen molar-refractivity contribution in [3.05, 3.63) is 0 Å². The zero-order valence-corrected chi connectivity index (χ0v) is 10.5. The van der Waals surface area contributed by atoms with E-state index in [2.05, 4.69) is 26.1 Å². The van der Waals surface area contributed by atoms with Gasteiger partial charge in [0, 0.05) is 31.3 Å². The quantitative estimate of drug-likeness (QED) is 0.718. The van der Waals surface area contributed by atoms with Gasteiger partial charge in [0.05, 0.1) is 0 Å². The second-order valence-corrected chi connectivity index (χ2v) is 5.58. The highest BCUT2D eigenvalue weighted by Crippen LogP contribution is 2.20. The van der Waals surface area contributed by atoms with E-state index in [-0.39, 0.29) is 23.6 Å². The number of rotatable bonds is 1. The van der Waals surface area contributed by atoms with E-state index >= 15 is 0 Å². The van der Waals surface area contributed by atoms with Crippen molar-refractivity contribution < 1.29 is 9.53 Å². The topological polar surface area (TPSA) is 41.6 Å². The Morgan fingerprint density at radius 1 is 1.50 bits per heavy atom. The summed E-state index contributed by atoms with van der Waals surface area (Å²) in [5, 5.41) is 3.45. The minimum absolute atomic E-state index is 0.0147. The molecular weight excluding hydrogens is 204 g/mol. The van der Waals surface area contributed by atoms with Crippen LogP contribution in [0.5, 0.6) is 0 Å². The van der Waals surface area contributed by atoms with Gasteiger partial charge in [-0.05, 0) is 33.6 Å². The number of nitrogens with one attached hydrogen (secondary N) is 1. The Morgan fingerprint density at radius 2 is 2.25 bits per heavy atom. The van der Waals surface area contributed by atoms with Gasteiger partial charge in [-0.15, -0.1) is 0 Å². The summed E-state index contributed by atoms with van der Waals surface area (Å²) in [6.07, 6.45) is 1.72. The molecule has 0 spiro atoms. The van der Waals surface area contributed by atoms with Crippen LogP contribution in [0.3, 0.4) is 0 Å². The fourth-order valence-corrected chi connectivity index (χ4v) is 2.42. The molecule has 2 saturated heterocycles. The fraction of sp³-hybridized carbons (Fsp3) is 0.917. The largest absolute Gasteiger partial charge is 0.368 e. The van der Waals surface area contributed by atoms with Gasteiger partial charge >= 0.3 is 0 Å². The first-order valence-electron chi connectivity index (χ1n) is 6.17. The van der Waals surface area contributed by atoms with Crippen LogP contribution in [0, 0.1) is 0 Å². The molecule has 2 rings (SSSR count). The predicted octanol–water partition coefficient (Wildman–Crippen LogP) is 0.764. The third-order valence-corrected chi connectivity index (χ3v) is 3.46. The maximum atomic E-state index is 12.3. The van der Waals surface area contributed by atoms with Crippen LogP contribution in [-0.2, 0) is 9.53 Å². The van der Waals surface area contributed by atoms with Crippen molar-refractivity contribution in [2.45, 2.75) is 51.3 Å². The van der Waals surface area contributed by atoms with Crippen LogP contribution in [0.15, 0.2) is 0 Å². The van der Waals surface area contributed by atoms with Crippen LogP contribution in [-0.4, -0.2) is 48.2 Å². The monoisotopic (exact) mass is 226 g/mol. The zero-order valence-electron chi connectivity index (χ0n) is 10.5. The Kier molecular flexibility index (Phi) is 3.22. The standard InChI is InChI=1S/C12H22N2O2/c1-9-7-13-12(2,3)8-14(9)11(15)10-5-4-6-16-10/h9-10,13H,4-8H2,1-3H3. The summed E-state index contributed by atoms with van der Waals surface area (Å²) in [5.41, 5.74) is 0.0147. The van der Waals surface area contributed by atoms with E-state index in [1.807, 2.05) is 4.90 Å². The highest BCUT2D eigenvalue weighted by molar-refractivity contribution is 5.81. The van der Waals surface area contributed by atoms with E-state index in [1.54, 1.807) is 0 Å². The fourth-order valence-electron chi connectivity index (χ4n) is 2.42. The van der Waals surface area contributed by atoms with Crippen molar-refractivity contribution in [3.8, 4) is 0 Å². The molecule has 0 radical (unpaired) electrons. The number of piperazine rings is 1. The number of hydrogen-bond donors (Lipinski definition) is 1. The van der Waals surface area contributed by atoms with Crippen LogP contribution < -0.4 is 5.32 Å². The highest BCUT2D eigenvalue weighted by atomic mass is 16.5. The van der Waals surface area contributed by atoms with E-state index in [0.717, 1.165) is 32.5 Å². The summed E-state index contributed by atoms with van der Waals surface area (Å²) < 4.78 is 5.47. The highest BCUT2D eigenvalue weighted by Gasteiger charge is 2.37. The SMILES string of the molecule is CC1CNC(C)(C)CN1C(=O)C1CCCO1. The lowest BCUT2D eigenvalue weighted by molar-refractivity contribution is -0.145. The van der Waals surface area contributed by atoms with Gasteiger partial charge in [-0.2, -0.15) is 0 Å². The molecule has 1 amide bonds. The molecule has 16 heavy (non-hydrogen) atoms. The van der Waals surface area contributed by atoms with Crippen LogP contribution >= 0.6 is 0 Å². The number of carbonyl (C=O) groups is 1. The number of nitrogens with zero attached hydrogens (tertiary/aromatic N) is 1. The third-order valence-electron chi connectivity index (χ3n) is 3.46. The van der Waals surface area contributed by atoms with Crippen molar-refractivity contribution in [2.24, 2.45) is 0 Å². The Labute approximate surface area is 97.3 Å². The molecule has 4 heteroatoms. The Morgan fingerprint density at radius 3 is 2.88 bits per heavy atom. The van der Waals surface area contributed by atoms with Crippen molar-refractivity contribution in [1.82, 2.24) is 10.2 Å². The average Bonchev–Trinajstić information content (AvgIpc) is 2.74. The maximum Gasteiger partial charge on any atom is 0.252 e. The molecule has 2 fully saturated rings. The van der Waals surface area contributed by atoms with E-state index in [9.17, 15) is 4.79 Å². The van der Waals surface area contributed by atoms with Gasteiger partial charge in [-0.1, -0.05) is 0 Å². The lowest BCUT2D eigenvalue weighted by Crippen LogP contribution is -2.63. The van der Waals surface area contributed by atoms with Gasteiger partial charge in [0.2, 0.25) is 0 Å². The van der Waals surface area contributed by atoms with Gasteiger partial charge in [0.25, 0.3) is 5.91 Å². The number of hydrogen-bond acceptors (Lipinski definition) is 3. The Hall–Kier alpha value is -0.610. The molecule has 2 unspecified atom stereocenters. The molecule has 2 aliphatic heterocycles. The number of ether oxygens (including phenoxy) is 1. The molecule has 0 aliphatic carbocycles. The predicted molar refractivity (Wildman–Crippen MR) is 62.2 cm³/mol. The summed E-state index contributed by atoms with van der Waals surface area (Å²) >= 11 is 0. The molecule has 1 N–H and O–H groups in total. The minimum atomic E-state index is -0.184. The van der Waals surface area contributed by atoms with Gasteiger partial charge in [-0.25, -0.2) is 0 Å². The number of carbonyl (C=O) groups excluding carboxylic acids is 1. The third kappa shape index (κ3) is 2.38. The molecule has 2 atom stereocenters. The Balaban J connectivity index is 2.03. The molecule has 0 bridgehead atoms. The molecular formula is C12H22N2O2. The van der Waals surface area contributed by atoms with Crippen LogP contribution in [0.4, 0.5) is 0 Å². The molecule has 0 saturated carbocycles. The first-order valence-corrected chi connectivity index (χ1v) is 6.17. The lowest BCUT2D eigenvalue weighted by Gasteiger charge is -2.44. The average molecular weight is 226 g/mol. The molecule has 0 aromatic rings. The normalized spacial score (nSPS) is 34.1. The van der Waals surface area contributed by atoms with E-state index < -0.39 is 0 Å². The van der Waals surface area contributed by atoms with Gasteiger partial charge < -0.3 is 15.0 Å². The molecule has 92 valence electrons. The summed E-state index contributed by atoms with van der Waals surface area (Å²) in [4.78, 5) is 14.3. The second kappa shape index (κ2) is 4.34. The Bertz CT molecular complexity index is 272. The van der Waals surface area contributed by atoms with Crippen LogP contribution in [0.1, 0.15) is 33.6 Å². The zero-order chi connectivity index (χ0) is 11.8. The van der Waals surface area contributed by atoms with Gasteiger partial charge in [0.1, 0.15) is 6.10 Å². The van der Waals surface area contributed by atoms with E-state index in [0.29, 0.717) is 0 Å². The molecule has 0 aromatic heterocycles. The van der Waals surface area contributed by atoms with E-state index in [1.165, 1.54) is 0 Å². The van der Waals surface area contributed by atoms with Crippen molar-refractivity contribution in [3.63, 3.8) is 0 Å². The lowest BCUT2D eigenvalue weighted by atomic mass is 9.98. The van der Waals surface area contributed by atoms with E-state index in [4.69, 9.17) is 4.74 Å². The molecule has 4 nitrogen and oxygen atoms in total. The van der Waals surface area contributed by atoms with Crippen molar-refractivity contribution >= 4 is 5.91 Å². The van der Waals surface area contributed by atoms with Crippen LogP contribution in [0.25, 0.3) is 0 Å².